The van der Waals surface area contributed by atoms with E-state index in [0.29, 0.717) is 5.69 Å². The molecule has 1 heterocycles. The molecule has 3 rings (SSSR count). The molecule has 2 aromatic carbocycles. The highest BCUT2D eigenvalue weighted by Crippen LogP contribution is 2.35. The summed E-state index contributed by atoms with van der Waals surface area (Å²) in [6.07, 6.45) is -1.00. The Kier molecular flexibility index (Phi) is 4.71. The number of para-hydroxylation sites is 2. The van der Waals surface area contributed by atoms with E-state index in [4.69, 9.17) is 4.74 Å². The van der Waals surface area contributed by atoms with Crippen LogP contribution in [0.2, 0.25) is 0 Å². The van der Waals surface area contributed by atoms with Gasteiger partial charge in [0.15, 0.2) is 29.4 Å². The number of fused-ring (bicyclic) bond motifs is 1. The van der Waals surface area contributed by atoms with Crippen molar-refractivity contribution in [1.82, 2.24) is 5.32 Å². The Morgan fingerprint density at radius 1 is 1.08 bits per heavy atom. The van der Waals surface area contributed by atoms with Crippen LogP contribution < -0.4 is 15.0 Å². The number of amides is 1. The van der Waals surface area contributed by atoms with E-state index in [0.717, 1.165) is 0 Å². The fourth-order valence-corrected chi connectivity index (χ4v) is 2.73. The first-order chi connectivity index (χ1) is 12.3. The van der Waals surface area contributed by atoms with E-state index in [1.807, 2.05) is 0 Å². The van der Waals surface area contributed by atoms with E-state index in [2.05, 4.69) is 5.32 Å². The number of rotatable bonds is 3. The number of carbonyl (C=O) groups excluding carboxylic acids is 1. The van der Waals surface area contributed by atoms with Gasteiger partial charge in [-0.05, 0) is 12.1 Å². The summed E-state index contributed by atoms with van der Waals surface area (Å²) in [6, 6.07) is 6.34. The van der Waals surface area contributed by atoms with Gasteiger partial charge in [-0.2, -0.15) is 0 Å². The predicted molar refractivity (Wildman–Crippen MR) is 82.2 cm³/mol. The highest BCUT2D eigenvalue weighted by Gasteiger charge is 2.33. The van der Waals surface area contributed by atoms with E-state index in [-0.39, 0.29) is 12.3 Å². The number of benzene rings is 2. The number of ether oxygens (including phenoxy) is 1. The minimum absolute atomic E-state index is 0.129. The lowest BCUT2D eigenvalue weighted by Gasteiger charge is -2.35. The van der Waals surface area contributed by atoms with Gasteiger partial charge >= 0.3 is 0 Å². The molecule has 0 spiro atoms. The van der Waals surface area contributed by atoms with Crippen LogP contribution in [-0.4, -0.2) is 25.6 Å². The lowest BCUT2D eigenvalue weighted by Crippen LogP contribution is -2.48. The third-order valence-electron chi connectivity index (χ3n) is 4.05. The van der Waals surface area contributed by atoms with Crippen molar-refractivity contribution < 1.29 is 31.5 Å². The van der Waals surface area contributed by atoms with Gasteiger partial charge in [0.2, 0.25) is 5.82 Å². The summed E-state index contributed by atoms with van der Waals surface area (Å²) in [7, 11) is 1.39. The van der Waals surface area contributed by atoms with Crippen LogP contribution in [-0.2, 0) is 11.3 Å². The summed E-state index contributed by atoms with van der Waals surface area (Å²) in [5.74, 6) is -10.3. The first kappa shape index (κ1) is 18.0. The molecule has 1 amide bonds. The lowest BCUT2D eigenvalue weighted by atomic mass is 10.1. The Hall–Kier alpha value is -2.84. The van der Waals surface area contributed by atoms with Gasteiger partial charge in [-0.15, -0.1) is 0 Å². The van der Waals surface area contributed by atoms with Crippen molar-refractivity contribution in [3.05, 3.63) is 58.9 Å². The summed E-state index contributed by atoms with van der Waals surface area (Å²) < 4.78 is 73.6. The Balaban J connectivity index is 2.03. The minimum atomic E-state index is -2.21. The number of hydrogen-bond acceptors (Lipinski definition) is 3. The van der Waals surface area contributed by atoms with Gasteiger partial charge in [0, 0.05) is 19.2 Å². The largest absolute Gasteiger partial charge is 0.477 e. The van der Waals surface area contributed by atoms with Crippen molar-refractivity contribution in [3.8, 4) is 5.75 Å². The third kappa shape index (κ3) is 2.93. The number of halogens is 5. The van der Waals surface area contributed by atoms with Gasteiger partial charge < -0.3 is 15.0 Å². The Morgan fingerprint density at radius 3 is 2.27 bits per heavy atom. The number of nitrogens with zero attached hydrogens (tertiary/aromatic N) is 1. The molecular weight excluding hydrogens is 359 g/mol. The average molecular weight is 372 g/mol. The van der Waals surface area contributed by atoms with Gasteiger partial charge in [-0.3, -0.25) is 4.79 Å². The number of likely N-dealkylation sites (N-methyl/N-ethyl adjacent to an activating group) is 1. The summed E-state index contributed by atoms with van der Waals surface area (Å²) in [4.78, 5) is 13.2. The maximum absolute atomic E-state index is 14.0. The number of carbonyl (C=O) groups is 1. The van der Waals surface area contributed by atoms with Crippen molar-refractivity contribution in [2.24, 2.45) is 0 Å². The van der Waals surface area contributed by atoms with Crippen LogP contribution >= 0.6 is 0 Å². The van der Waals surface area contributed by atoms with Crippen LogP contribution in [0, 0.1) is 29.1 Å². The topological polar surface area (TPSA) is 41.6 Å². The molecule has 4 nitrogen and oxygen atoms in total. The second-order valence-electron chi connectivity index (χ2n) is 5.62. The number of anilines is 1. The Bertz CT molecular complexity index is 845. The molecule has 0 aromatic heterocycles. The van der Waals surface area contributed by atoms with Crippen LogP contribution in [0.5, 0.6) is 5.75 Å². The van der Waals surface area contributed by atoms with Crippen molar-refractivity contribution in [2.75, 3.05) is 18.5 Å². The van der Waals surface area contributed by atoms with Crippen molar-refractivity contribution in [2.45, 2.75) is 12.6 Å². The molecule has 0 bridgehead atoms. The van der Waals surface area contributed by atoms with Crippen LogP contribution in [0.1, 0.15) is 5.56 Å². The maximum Gasteiger partial charge on any atom is 0.262 e. The first-order valence-corrected chi connectivity index (χ1v) is 7.57. The highest BCUT2D eigenvalue weighted by atomic mass is 19.2. The second kappa shape index (κ2) is 6.81. The molecule has 0 aliphatic carbocycles. The van der Waals surface area contributed by atoms with Gasteiger partial charge in [0.1, 0.15) is 5.75 Å². The molecule has 1 aliphatic heterocycles. The van der Waals surface area contributed by atoms with E-state index in [1.54, 1.807) is 18.2 Å². The van der Waals surface area contributed by atoms with Gasteiger partial charge in [0.25, 0.3) is 5.91 Å². The monoisotopic (exact) mass is 372 g/mol. The summed E-state index contributed by atoms with van der Waals surface area (Å²) in [5, 5.41) is 2.39. The first-order valence-electron chi connectivity index (χ1n) is 7.57. The SMILES string of the molecule is CNC(=O)[C@@H]1CN(Cc2c(F)c(F)c(F)c(F)c2F)c2ccccc2O1. The molecule has 0 radical (unpaired) electrons. The molecule has 0 unspecified atom stereocenters. The minimum Gasteiger partial charge on any atom is -0.477 e. The zero-order chi connectivity index (χ0) is 19.0. The van der Waals surface area contributed by atoms with Crippen LogP contribution in [0.3, 0.4) is 0 Å². The zero-order valence-electron chi connectivity index (χ0n) is 13.5. The van der Waals surface area contributed by atoms with Crippen LogP contribution in [0.15, 0.2) is 24.3 Å². The molecule has 0 saturated carbocycles. The second-order valence-corrected chi connectivity index (χ2v) is 5.62. The highest BCUT2D eigenvalue weighted by molar-refractivity contribution is 5.83. The molecule has 1 atom stereocenters. The lowest BCUT2D eigenvalue weighted by molar-refractivity contribution is -0.127. The van der Waals surface area contributed by atoms with E-state index >= 15 is 0 Å². The fourth-order valence-electron chi connectivity index (χ4n) is 2.73. The number of nitrogens with one attached hydrogen (secondary N) is 1. The van der Waals surface area contributed by atoms with Gasteiger partial charge in [-0.25, -0.2) is 22.0 Å². The van der Waals surface area contributed by atoms with Crippen molar-refractivity contribution in [1.29, 1.82) is 0 Å². The number of hydrogen-bond donors (Lipinski definition) is 1. The summed E-state index contributed by atoms with van der Waals surface area (Å²) in [6.45, 7) is -0.754. The standard InChI is InChI=1S/C17H13F5N2O2/c1-23-17(25)11-7-24(9-4-2-3-5-10(9)26-11)6-8-12(18)14(20)16(22)15(21)13(8)19/h2-5,11H,6-7H2,1H3,(H,23,25)/t11-/m0/s1. The normalized spacial score (nSPS) is 16.1. The van der Waals surface area contributed by atoms with Crippen LogP contribution in [0.25, 0.3) is 0 Å². The van der Waals surface area contributed by atoms with Gasteiger partial charge in [-0.1, -0.05) is 12.1 Å². The van der Waals surface area contributed by atoms with E-state index in [9.17, 15) is 26.7 Å². The van der Waals surface area contributed by atoms with Crippen molar-refractivity contribution >= 4 is 11.6 Å². The van der Waals surface area contributed by atoms with Crippen LogP contribution in [0.4, 0.5) is 27.6 Å². The average Bonchev–Trinajstić information content (AvgIpc) is 2.67. The quantitative estimate of drug-likeness (QED) is 0.512. The van der Waals surface area contributed by atoms with Crippen molar-refractivity contribution in [3.63, 3.8) is 0 Å². The molecule has 9 heteroatoms. The van der Waals surface area contributed by atoms with Gasteiger partial charge in [0.05, 0.1) is 12.2 Å². The maximum atomic E-state index is 14.0. The fraction of sp³-hybridized carbons (Fsp3) is 0.235. The molecule has 1 N–H and O–H groups in total. The predicted octanol–water partition coefficient (Wildman–Crippen LogP) is 2.90. The molecule has 138 valence electrons. The summed E-state index contributed by atoms with van der Waals surface area (Å²) in [5.41, 5.74) is -0.606. The molecular formula is C17H13F5N2O2. The third-order valence-corrected chi connectivity index (χ3v) is 4.05. The van der Waals surface area contributed by atoms with E-state index < -0.39 is 53.2 Å². The molecule has 2 aromatic rings. The van der Waals surface area contributed by atoms with E-state index in [1.165, 1.54) is 18.0 Å². The Morgan fingerprint density at radius 2 is 1.65 bits per heavy atom. The molecule has 1 aliphatic rings. The molecule has 0 fully saturated rings. The summed E-state index contributed by atoms with van der Waals surface area (Å²) >= 11 is 0. The molecule has 26 heavy (non-hydrogen) atoms. The Labute approximate surface area is 145 Å². The smallest absolute Gasteiger partial charge is 0.262 e. The zero-order valence-corrected chi connectivity index (χ0v) is 13.5. The molecule has 0 saturated heterocycles.